The maximum absolute atomic E-state index is 11.5. The van der Waals surface area contributed by atoms with E-state index in [0.29, 0.717) is 0 Å². The number of aliphatic hydroxyl groups is 1. The molecule has 0 saturated carbocycles. The van der Waals surface area contributed by atoms with Crippen LogP contribution in [0.2, 0.25) is 0 Å². The van der Waals surface area contributed by atoms with Gasteiger partial charge in [-0.05, 0) is 12.5 Å². The number of aliphatic hydroxyl groups excluding tert-OH is 1. The molecule has 0 unspecified atom stereocenters. The predicted octanol–water partition coefficient (Wildman–Crippen LogP) is -3.88. The van der Waals surface area contributed by atoms with Gasteiger partial charge in [0.05, 0.1) is 18.2 Å². The van der Waals surface area contributed by atoms with E-state index < -0.39 is 47.9 Å². The first-order valence-electron chi connectivity index (χ1n) is 7.83. The molecule has 0 bridgehead atoms. The second-order valence-electron chi connectivity index (χ2n) is 5.64. The fraction of sp³-hybridized carbons (Fsp3) is 0.538. The molecule has 0 fully saturated rings. The number of nitrogens with one attached hydrogen (secondary N) is 6. The second-order valence-corrected chi connectivity index (χ2v) is 5.64. The van der Waals surface area contributed by atoms with Crippen molar-refractivity contribution in [1.29, 1.82) is 10.8 Å². The smallest absolute Gasteiger partial charge is 0.370 e. The van der Waals surface area contributed by atoms with Gasteiger partial charge >= 0.3 is 5.97 Å². The summed E-state index contributed by atoms with van der Waals surface area (Å²) in [5.74, 6) is -2.57. The number of carboxylic acid groups (broad SMARTS) is 1. The molecule has 4 atom stereocenters. The Morgan fingerprint density at radius 2 is 2.08 bits per heavy atom. The normalized spacial score (nSPS) is 22.8. The SMILES string of the molecule is BNC(=N)NCC[C@@H](O)[C@@H]1OC(C(=O)O)=C[C@H](NC(=N)N)[C@H]1NC(C)=O. The van der Waals surface area contributed by atoms with E-state index in [-0.39, 0.29) is 18.9 Å². The van der Waals surface area contributed by atoms with Crippen LogP contribution in [0.5, 0.6) is 0 Å². The number of carboxylic acids is 1. The van der Waals surface area contributed by atoms with Crippen molar-refractivity contribution in [1.82, 2.24) is 21.2 Å². The van der Waals surface area contributed by atoms with Crippen molar-refractivity contribution in [2.75, 3.05) is 6.54 Å². The van der Waals surface area contributed by atoms with Crippen molar-refractivity contribution >= 4 is 31.8 Å². The molecule has 1 aliphatic rings. The number of amides is 1. The average molecular weight is 369 g/mol. The summed E-state index contributed by atoms with van der Waals surface area (Å²) in [6, 6.07) is -1.72. The Kier molecular flexibility index (Phi) is 7.71. The zero-order chi connectivity index (χ0) is 19.9. The number of guanidine groups is 2. The average Bonchev–Trinajstić information content (AvgIpc) is 2.54. The fourth-order valence-corrected chi connectivity index (χ4v) is 2.49. The van der Waals surface area contributed by atoms with Crippen LogP contribution < -0.4 is 26.9 Å². The Hall–Kier alpha value is -2.96. The molecule has 1 heterocycles. The van der Waals surface area contributed by atoms with Crippen molar-refractivity contribution in [3.63, 3.8) is 0 Å². The van der Waals surface area contributed by atoms with Gasteiger partial charge in [-0.15, -0.1) is 0 Å². The lowest BCUT2D eigenvalue weighted by Crippen LogP contribution is -2.62. The van der Waals surface area contributed by atoms with Gasteiger partial charge in [0.25, 0.3) is 0 Å². The summed E-state index contributed by atoms with van der Waals surface area (Å²) in [5, 5.41) is 44.9. The van der Waals surface area contributed by atoms with Crippen molar-refractivity contribution in [3.8, 4) is 0 Å². The molecule has 0 saturated heterocycles. The molecule has 0 radical (unpaired) electrons. The summed E-state index contributed by atoms with van der Waals surface area (Å²) in [7, 11) is 1.56. The lowest BCUT2D eigenvalue weighted by molar-refractivity contribution is -0.141. The first-order chi connectivity index (χ1) is 12.1. The summed E-state index contributed by atoms with van der Waals surface area (Å²) < 4.78 is 5.37. The number of hydrogen-bond acceptors (Lipinski definition) is 6. The molecular formula is C13H24BN7O5. The van der Waals surface area contributed by atoms with Crippen LogP contribution >= 0.6 is 0 Å². The zero-order valence-corrected chi connectivity index (χ0v) is 14.5. The van der Waals surface area contributed by atoms with Gasteiger partial charge in [-0.25, -0.2) is 4.79 Å². The van der Waals surface area contributed by atoms with Crippen LogP contribution in [0.15, 0.2) is 11.8 Å². The van der Waals surface area contributed by atoms with Gasteiger partial charge in [-0.2, -0.15) is 0 Å². The lowest BCUT2D eigenvalue weighted by Gasteiger charge is -2.39. The van der Waals surface area contributed by atoms with Crippen LogP contribution in [-0.2, 0) is 14.3 Å². The predicted molar refractivity (Wildman–Crippen MR) is 95.1 cm³/mol. The van der Waals surface area contributed by atoms with Crippen molar-refractivity contribution in [3.05, 3.63) is 11.8 Å². The van der Waals surface area contributed by atoms with Gasteiger partial charge in [-0.3, -0.25) is 15.6 Å². The molecule has 0 aromatic rings. The summed E-state index contributed by atoms with van der Waals surface area (Å²) in [4.78, 5) is 22.8. The number of carbonyl (C=O) groups excluding carboxylic acids is 1. The Balaban J connectivity index is 3.00. The van der Waals surface area contributed by atoms with Crippen molar-refractivity contribution < 1.29 is 24.5 Å². The van der Waals surface area contributed by atoms with Crippen LogP contribution in [0.25, 0.3) is 0 Å². The molecule has 1 aliphatic heterocycles. The van der Waals surface area contributed by atoms with E-state index >= 15 is 0 Å². The standard InChI is InChI=1S/C13H24BN7O5/c1-5(22)19-9-6(20-12(15)16)4-8(11(24)25)26-10(9)7(23)2-3-18-13(17)21-14/h4,6-7,9-10,23H,2-3,14H2,1H3,(H,19,22)(H,24,25)(H4,15,16,20)(H3,17,18,21)/t6-,7+,9+,10-/m0/s1. The minimum atomic E-state index is -1.35. The minimum absolute atomic E-state index is 0.0578. The molecule has 144 valence electrons. The van der Waals surface area contributed by atoms with Crippen LogP contribution in [-0.4, -0.2) is 72.8 Å². The fourth-order valence-electron chi connectivity index (χ4n) is 2.49. The third-order valence-electron chi connectivity index (χ3n) is 3.61. The third kappa shape index (κ3) is 6.16. The number of hydrogen-bond donors (Lipinski definition) is 9. The Labute approximate surface area is 151 Å². The van der Waals surface area contributed by atoms with Gasteiger partial charge in [-0.1, -0.05) is 0 Å². The summed E-state index contributed by atoms with van der Waals surface area (Å²) in [6.07, 6.45) is -0.965. The van der Waals surface area contributed by atoms with Crippen LogP contribution in [0.3, 0.4) is 0 Å². The minimum Gasteiger partial charge on any atom is -0.478 e. The van der Waals surface area contributed by atoms with E-state index in [9.17, 15) is 19.8 Å². The number of carbonyl (C=O) groups is 2. The molecule has 13 heteroatoms. The Morgan fingerprint density at radius 1 is 1.42 bits per heavy atom. The highest BCUT2D eigenvalue weighted by atomic mass is 16.5. The van der Waals surface area contributed by atoms with Gasteiger partial charge in [0, 0.05) is 13.5 Å². The van der Waals surface area contributed by atoms with Gasteiger partial charge < -0.3 is 41.9 Å². The lowest BCUT2D eigenvalue weighted by atomic mass is 9.93. The van der Waals surface area contributed by atoms with E-state index in [1.165, 1.54) is 13.0 Å². The van der Waals surface area contributed by atoms with Gasteiger partial charge in [0.15, 0.2) is 11.9 Å². The van der Waals surface area contributed by atoms with E-state index in [4.69, 9.17) is 21.3 Å². The van der Waals surface area contributed by atoms with Gasteiger partial charge in [0.2, 0.25) is 19.6 Å². The molecule has 0 spiro atoms. The number of ether oxygens (including phenoxy) is 1. The second kappa shape index (κ2) is 9.51. The van der Waals surface area contributed by atoms with E-state index in [2.05, 4.69) is 21.2 Å². The summed E-state index contributed by atoms with van der Waals surface area (Å²) in [6.45, 7) is 1.48. The quantitative estimate of drug-likeness (QED) is 0.122. The van der Waals surface area contributed by atoms with Crippen molar-refractivity contribution in [2.45, 2.75) is 37.6 Å². The molecule has 10 N–H and O–H groups in total. The maximum Gasteiger partial charge on any atom is 0.370 e. The van der Waals surface area contributed by atoms with Crippen LogP contribution in [0, 0.1) is 10.8 Å². The monoisotopic (exact) mass is 369 g/mol. The van der Waals surface area contributed by atoms with Gasteiger partial charge in [0.1, 0.15) is 6.10 Å². The highest BCUT2D eigenvalue weighted by Crippen LogP contribution is 2.22. The first kappa shape index (κ1) is 21.1. The number of nitrogens with two attached hydrogens (primary N) is 1. The summed E-state index contributed by atoms with van der Waals surface area (Å²) >= 11 is 0. The van der Waals surface area contributed by atoms with E-state index in [1.807, 2.05) is 0 Å². The molecule has 26 heavy (non-hydrogen) atoms. The zero-order valence-electron chi connectivity index (χ0n) is 14.5. The highest BCUT2D eigenvalue weighted by molar-refractivity contribution is 6.14. The molecule has 0 aliphatic carbocycles. The first-order valence-corrected chi connectivity index (χ1v) is 7.83. The molecular weight excluding hydrogens is 345 g/mol. The molecule has 1 rings (SSSR count). The topological polar surface area (TPSA) is 206 Å². The molecule has 1 amide bonds. The van der Waals surface area contributed by atoms with Crippen LogP contribution in [0.4, 0.5) is 0 Å². The Morgan fingerprint density at radius 3 is 2.58 bits per heavy atom. The van der Waals surface area contributed by atoms with Crippen molar-refractivity contribution in [2.24, 2.45) is 5.73 Å². The largest absolute Gasteiger partial charge is 0.478 e. The molecule has 0 aromatic carbocycles. The van der Waals surface area contributed by atoms with Crippen LogP contribution in [0.1, 0.15) is 13.3 Å². The van der Waals surface area contributed by atoms with E-state index in [0.717, 1.165) is 0 Å². The summed E-state index contributed by atoms with van der Waals surface area (Å²) in [5.41, 5.74) is 5.33. The highest BCUT2D eigenvalue weighted by Gasteiger charge is 2.41. The van der Waals surface area contributed by atoms with E-state index in [1.54, 1.807) is 7.98 Å². The third-order valence-corrected chi connectivity index (χ3v) is 3.61. The Bertz CT molecular complexity index is 599. The molecule has 12 nitrogen and oxygen atoms in total. The number of aliphatic carboxylic acids is 1. The number of rotatable bonds is 7. The maximum atomic E-state index is 11.5. The molecule has 0 aromatic heterocycles.